The molecule has 6 heteroatoms. The van der Waals surface area contributed by atoms with Crippen LogP contribution in [-0.2, 0) is 6.42 Å². The number of anilines is 1. The van der Waals surface area contributed by atoms with E-state index in [1.165, 1.54) is 25.7 Å². The fraction of sp³-hybridized carbons (Fsp3) is 0.381. The van der Waals surface area contributed by atoms with Gasteiger partial charge in [0.1, 0.15) is 5.82 Å². The monoisotopic (exact) mass is 367 g/mol. The molecule has 1 aliphatic rings. The van der Waals surface area contributed by atoms with E-state index >= 15 is 0 Å². The summed E-state index contributed by atoms with van der Waals surface area (Å²) < 4.78 is 0. The average molecular weight is 367 g/mol. The van der Waals surface area contributed by atoms with Gasteiger partial charge in [0.25, 0.3) is 5.91 Å². The normalized spacial score (nSPS) is 14.4. The lowest BCUT2D eigenvalue weighted by atomic mass is 10.1. The quantitative estimate of drug-likeness (QED) is 0.820. The number of aromatic nitrogens is 1. The van der Waals surface area contributed by atoms with Crippen molar-refractivity contribution in [2.45, 2.75) is 32.1 Å². The van der Waals surface area contributed by atoms with Crippen LogP contribution in [0.3, 0.4) is 0 Å². The van der Waals surface area contributed by atoms with Gasteiger partial charge in [0.15, 0.2) is 0 Å². The van der Waals surface area contributed by atoms with Gasteiger partial charge in [-0.15, -0.1) is 0 Å². The minimum absolute atomic E-state index is 0.146. The molecule has 6 nitrogen and oxygen atoms in total. The highest BCUT2D eigenvalue weighted by Crippen LogP contribution is 2.17. The summed E-state index contributed by atoms with van der Waals surface area (Å²) in [7, 11) is 0. The van der Waals surface area contributed by atoms with E-state index in [4.69, 9.17) is 5.11 Å². The van der Waals surface area contributed by atoms with Crippen molar-refractivity contribution in [3.63, 3.8) is 0 Å². The number of amides is 1. The van der Waals surface area contributed by atoms with E-state index in [0.29, 0.717) is 18.5 Å². The maximum Gasteiger partial charge on any atom is 0.335 e. The number of hydrogen-bond donors (Lipinski definition) is 2. The van der Waals surface area contributed by atoms with Crippen molar-refractivity contribution in [2.75, 3.05) is 24.5 Å². The van der Waals surface area contributed by atoms with Crippen molar-refractivity contribution in [3.05, 3.63) is 59.3 Å². The van der Waals surface area contributed by atoms with Gasteiger partial charge in [-0.05, 0) is 49.1 Å². The fourth-order valence-corrected chi connectivity index (χ4v) is 3.24. The summed E-state index contributed by atoms with van der Waals surface area (Å²) in [5.74, 6) is -0.148. The van der Waals surface area contributed by atoms with Crippen LogP contribution in [0.25, 0.3) is 0 Å². The van der Waals surface area contributed by atoms with Crippen LogP contribution < -0.4 is 10.2 Å². The largest absolute Gasteiger partial charge is 0.478 e. The highest BCUT2D eigenvalue weighted by molar-refractivity contribution is 5.94. The van der Waals surface area contributed by atoms with Crippen LogP contribution in [0.4, 0.5) is 5.82 Å². The third kappa shape index (κ3) is 5.29. The molecule has 0 saturated carbocycles. The maximum atomic E-state index is 12.3. The first kappa shape index (κ1) is 18.9. The first-order valence-corrected chi connectivity index (χ1v) is 9.45. The topological polar surface area (TPSA) is 82.5 Å². The first-order valence-electron chi connectivity index (χ1n) is 9.45. The molecule has 2 N–H and O–H groups in total. The molecule has 1 aliphatic heterocycles. The fourth-order valence-electron chi connectivity index (χ4n) is 3.24. The molecule has 1 saturated heterocycles. The lowest BCUT2D eigenvalue weighted by molar-refractivity contribution is 0.0696. The van der Waals surface area contributed by atoms with E-state index in [1.54, 1.807) is 30.5 Å². The molecule has 1 aromatic heterocycles. The second-order valence-electron chi connectivity index (χ2n) is 6.81. The Labute approximate surface area is 159 Å². The molecule has 0 atom stereocenters. The predicted octanol–water partition coefficient (Wildman–Crippen LogP) is 3.13. The lowest BCUT2D eigenvalue weighted by Gasteiger charge is -2.21. The number of pyridine rings is 1. The minimum Gasteiger partial charge on any atom is -0.478 e. The van der Waals surface area contributed by atoms with Crippen LogP contribution >= 0.6 is 0 Å². The number of nitrogens with one attached hydrogen (secondary N) is 1. The SMILES string of the molecule is O=C(O)c1ccc(CCNC(=O)c2ccc(N3CCCCCC3)nc2)cc1. The predicted molar refractivity (Wildman–Crippen MR) is 104 cm³/mol. The van der Waals surface area contributed by atoms with Gasteiger partial charge in [0, 0.05) is 25.8 Å². The van der Waals surface area contributed by atoms with Crippen molar-refractivity contribution in [3.8, 4) is 0 Å². The molecule has 0 radical (unpaired) electrons. The van der Waals surface area contributed by atoms with E-state index < -0.39 is 5.97 Å². The van der Waals surface area contributed by atoms with Crippen molar-refractivity contribution < 1.29 is 14.7 Å². The van der Waals surface area contributed by atoms with Gasteiger partial charge in [0.2, 0.25) is 0 Å². The van der Waals surface area contributed by atoms with Crippen LogP contribution in [-0.4, -0.2) is 41.6 Å². The number of carbonyl (C=O) groups excluding carboxylic acids is 1. The molecule has 2 aromatic rings. The molecular formula is C21H25N3O3. The molecule has 0 bridgehead atoms. The number of carboxylic acid groups (broad SMARTS) is 1. The molecule has 0 aliphatic carbocycles. The number of nitrogens with zero attached hydrogens (tertiary/aromatic N) is 2. The number of carboxylic acids is 1. The van der Waals surface area contributed by atoms with E-state index in [1.807, 2.05) is 12.1 Å². The Balaban J connectivity index is 1.49. The summed E-state index contributed by atoms with van der Waals surface area (Å²) in [6, 6.07) is 10.4. The van der Waals surface area contributed by atoms with Crippen LogP contribution in [0.1, 0.15) is 52.0 Å². The molecule has 1 fully saturated rings. The van der Waals surface area contributed by atoms with Crippen LogP contribution in [0.5, 0.6) is 0 Å². The molecule has 0 spiro atoms. The Kier molecular flexibility index (Phi) is 6.41. The van der Waals surface area contributed by atoms with Crippen LogP contribution in [0, 0.1) is 0 Å². The Hall–Kier alpha value is -2.89. The summed E-state index contributed by atoms with van der Waals surface area (Å²) in [6.07, 6.45) is 7.21. The van der Waals surface area contributed by atoms with Crippen molar-refractivity contribution in [2.24, 2.45) is 0 Å². The zero-order valence-electron chi connectivity index (χ0n) is 15.4. The molecule has 1 aromatic carbocycles. The third-order valence-electron chi connectivity index (χ3n) is 4.84. The van der Waals surface area contributed by atoms with Crippen molar-refractivity contribution >= 4 is 17.7 Å². The lowest BCUT2D eigenvalue weighted by Crippen LogP contribution is -2.27. The van der Waals surface area contributed by atoms with Gasteiger partial charge in [-0.2, -0.15) is 0 Å². The molecule has 0 unspecified atom stereocenters. The Morgan fingerprint density at radius 1 is 0.963 bits per heavy atom. The summed E-state index contributed by atoms with van der Waals surface area (Å²) in [5, 5.41) is 11.8. The van der Waals surface area contributed by atoms with Gasteiger partial charge >= 0.3 is 5.97 Å². The summed E-state index contributed by atoms with van der Waals surface area (Å²) in [5.41, 5.74) is 1.79. The van der Waals surface area contributed by atoms with Crippen LogP contribution in [0.2, 0.25) is 0 Å². The number of aromatic carboxylic acids is 1. The minimum atomic E-state index is -0.939. The number of carbonyl (C=O) groups is 2. The summed E-state index contributed by atoms with van der Waals surface area (Å²) in [6.45, 7) is 2.54. The van der Waals surface area contributed by atoms with E-state index in [0.717, 1.165) is 24.5 Å². The Bertz CT molecular complexity index is 764. The van der Waals surface area contributed by atoms with Gasteiger partial charge in [0.05, 0.1) is 11.1 Å². The zero-order chi connectivity index (χ0) is 19.1. The highest BCUT2D eigenvalue weighted by Gasteiger charge is 2.12. The van der Waals surface area contributed by atoms with Gasteiger partial charge in [-0.1, -0.05) is 25.0 Å². The number of rotatable bonds is 6. The summed E-state index contributed by atoms with van der Waals surface area (Å²) >= 11 is 0. The molecular weight excluding hydrogens is 342 g/mol. The first-order chi connectivity index (χ1) is 13.1. The van der Waals surface area contributed by atoms with Crippen molar-refractivity contribution in [1.29, 1.82) is 0 Å². The highest BCUT2D eigenvalue weighted by atomic mass is 16.4. The van der Waals surface area contributed by atoms with Gasteiger partial charge < -0.3 is 15.3 Å². The molecule has 142 valence electrons. The second-order valence-corrected chi connectivity index (χ2v) is 6.81. The van der Waals surface area contributed by atoms with E-state index in [2.05, 4.69) is 15.2 Å². The van der Waals surface area contributed by atoms with E-state index in [9.17, 15) is 9.59 Å². The smallest absolute Gasteiger partial charge is 0.335 e. The standard InChI is InChI=1S/C21H25N3O3/c25-20(22-12-11-16-5-7-17(8-6-16)21(26)27)18-9-10-19(23-15-18)24-13-3-1-2-4-14-24/h5-10,15H,1-4,11-14H2,(H,22,25)(H,26,27). The molecule has 2 heterocycles. The van der Waals surface area contributed by atoms with Crippen molar-refractivity contribution in [1.82, 2.24) is 10.3 Å². The average Bonchev–Trinajstić information content (AvgIpc) is 2.98. The third-order valence-corrected chi connectivity index (χ3v) is 4.84. The van der Waals surface area contributed by atoms with Gasteiger partial charge in [-0.3, -0.25) is 4.79 Å². The van der Waals surface area contributed by atoms with Crippen LogP contribution in [0.15, 0.2) is 42.6 Å². The Morgan fingerprint density at radius 3 is 2.22 bits per heavy atom. The Morgan fingerprint density at radius 2 is 1.63 bits per heavy atom. The molecule has 3 rings (SSSR count). The second kappa shape index (κ2) is 9.16. The van der Waals surface area contributed by atoms with E-state index in [-0.39, 0.29) is 11.5 Å². The maximum absolute atomic E-state index is 12.3. The zero-order valence-corrected chi connectivity index (χ0v) is 15.4. The molecule has 27 heavy (non-hydrogen) atoms. The molecule has 1 amide bonds. The van der Waals surface area contributed by atoms with Gasteiger partial charge in [-0.25, -0.2) is 9.78 Å². The summed E-state index contributed by atoms with van der Waals surface area (Å²) in [4.78, 5) is 29.9. The number of hydrogen-bond acceptors (Lipinski definition) is 4. The number of benzene rings is 1.